The summed E-state index contributed by atoms with van der Waals surface area (Å²) in [4.78, 5) is 5.16. The van der Waals surface area contributed by atoms with E-state index in [0.717, 1.165) is 34.2 Å². The number of aliphatic hydroxyl groups is 1. The summed E-state index contributed by atoms with van der Waals surface area (Å²) in [5.74, 6) is 0.866. The van der Waals surface area contributed by atoms with E-state index in [1.807, 2.05) is 24.3 Å². The predicted molar refractivity (Wildman–Crippen MR) is 69.3 cm³/mol. The first-order valence-corrected chi connectivity index (χ1v) is 6.44. The average molecular weight is 249 g/mol. The Kier molecular flexibility index (Phi) is 4.12. The molecule has 0 unspecified atom stereocenters. The fourth-order valence-electron chi connectivity index (χ4n) is 1.45. The molecule has 2 rings (SSSR count). The molecule has 0 aliphatic carbocycles. The summed E-state index contributed by atoms with van der Waals surface area (Å²) in [5.41, 5.74) is 1.03. The summed E-state index contributed by atoms with van der Waals surface area (Å²) in [5, 5.41) is 9.93. The van der Waals surface area contributed by atoms with Crippen molar-refractivity contribution in [3.8, 4) is 16.3 Å². The van der Waals surface area contributed by atoms with Gasteiger partial charge in [0, 0.05) is 11.8 Å². The molecule has 0 spiro atoms. The van der Waals surface area contributed by atoms with Crippen molar-refractivity contribution in [1.29, 1.82) is 0 Å². The fourth-order valence-corrected chi connectivity index (χ4v) is 2.22. The lowest BCUT2D eigenvalue weighted by atomic mass is 10.2. The van der Waals surface area contributed by atoms with Crippen molar-refractivity contribution in [1.82, 2.24) is 4.98 Å². The number of benzene rings is 1. The zero-order chi connectivity index (χ0) is 12.1. The maximum Gasteiger partial charge on any atom is 0.123 e. The molecule has 0 saturated heterocycles. The highest BCUT2D eigenvalue weighted by molar-refractivity contribution is 7.15. The molecule has 0 saturated carbocycles. The molecule has 3 nitrogen and oxygen atoms in total. The van der Waals surface area contributed by atoms with Crippen molar-refractivity contribution >= 4 is 11.3 Å². The van der Waals surface area contributed by atoms with Gasteiger partial charge in [-0.2, -0.15) is 0 Å². The van der Waals surface area contributed by atoms with Gasteiger partial charge in [0.15, 0.2) is 0 Å². The zero-order valence-corrected chi connectivity index (χ0v) is 10.5. The van der Waals surface area contributed by atoms with E-state index in [0.29, 0.717) is 0 Å². The predicted octanol–water partition coefficient (Wildman–Crippen LogP) is 3.09. The van der Waals surface area contributed by atoms with Crippen molar-refractivity contribution in [3.05, 3.63) is 35.3 Å². The fraction of sp³-hybridized carbons (Fsp3) is 0.308. The third-order valence-electron chi connectivity index (χ3n) is 2.26. The Morgan fingerprint density at radius 3 is 3.00 bits per heavy atom. The summed E-state index contributed by atoms with van der Waals surface area (Å²) in [6.07, 6.45) is 2.70. The van der Waals surface area contributed by atoms with Crippen molar-refractivity contribution in [3.63, 3.8) is 0 Å². The van der Waals surface area contributed by atoms with Crippen molar-refractivity contribution in [2.75, 3.05) is 6.61 Å². The van der Waals surface area contributed by atoms with Crippen LogP contribution in [0.5, 0.6) is 5.75 Å². The minimum absolute atomic E-state index is 0.0453. The molecule has 0 aliphatic rings. The van der Waals surface area contributed by atoms with E-state index < -0.39 is 0 Å². The van der Waals surface area contributed by atoms with Crippen LogP contribution in [0, 0.1) is 0 Å². The molecule has 2 aromatic rings. The summed E-state index contributed by atoms with van der Waals surface area (Å²) in [6.45, 7) is 2.85. The number of nitrogens with zero attached hydrogens (tertiary/aromatic N) is 1. The molecule has 1 heterocycles. The Morgan fingerprint density at radius 1 is 1.41 bits per heavy atom. The van der Waals surface area contributed by atoms with Crippen LogP contribution in [-0.4, -0.2) is 16.7 Å². The number of rotatable bonds is 5. The van der Waals surface area contributed by atoms with Gasteiger partial charge < -0.3 is 9.84 Å². The monoisotopic (exact) mass is 249 g/mol. The van der Waals surface area contributed by atoms with Gasteiger partial charge in [-0.25, -0.2) is 4.98 Å². The highest BCUT2D eigenvalue weighted by Crippen LogP contribution is 2.27. The van der Waals surface area contributed by atoms with E-state index in [1.165, 1.54) is 11.3 Å². The molecular weight excluding hydrogens is 234 g/mol. The third-order valence-corrected chi connectivity index (χ3v) is 3.29. The van der Waals surface area contributed by atoms with Crippen LogP contribution in [0.25, 0.3) is 10.6 Å². The maximum atomic E-state index is 9.01. The molecule has 0 fully saturated rings. The highest BCUT2D eigenvalue weighted by atomic mass is 32.1. The molecule has 0 atom stereocenters. The molecule has 90 valence electrons. The van der Waals surface area contributed by atoms with Gasteiger partial charge in [0.2, 0.25) is 0 Å². The normalized spacial score (nSPS) is 10.5. The average Bonchev–Trinajstić information content (AvgIpc) is 2.85. The van der Waals surface area contributed by atoms with Crippen molar-refractivity contribution in [2.24, 2.45) is 0 Å². The summed E-state index contributed by atoms with van der Waals surface area (Å²) >= 11 is 1.50. The van der Waals surface area contributed by atoms with Gasteiger partial charge in [0.25, 0.3) is 0 Å². The van der Waals surface area contributed by atoms with E-state index in [-0.39, 0.29) is 6.61 Å². The van der Waals surface area contributed by atoms with Gasteiger partial charge in [0.1, 0.15) is 10.8 Å². The summed E-state index contributed by atoms with van der Waals surface area (Å²) < 4.78 is 5.58. The topological polar surface area (TPSA) is 42.4 Å². The Bertz CT molecular complexity index is 482. The minimum Gasteiger partial charge on any atom is -0.494 e. The van der Waals surface area contributed by atoms with Crippen LogP contribution in [0.3, 0.4) is 0 Å². The SMILES string of the molecule is CCCOc1cccc(-c2ncc(CO)s2)c1. The van der Waals surface area contributed by atoms with Crippen LogP contribution in [0.4, 0.5) is 0 Å². The molecule has 1 N–H and O–H groups in total. The van der Waals surface area contributed by atoms with Crippen molar-refractivity contribution < 1.29 is 9.84 Å². The minimum atomic E-state index is 0.0453. The second-order valence-corrected chi connectivity index (χ2v) is 4.78. The molecule has 1 aromatic heterocycles. The van der Waals surface area contributed by atoms with Crippen LogP contribution in [-0.2, 0) is 6.61 Å². The number of ether oxygens (including phenoxy) is 1. The summed E-state index contributed by atoms with van der Waals surface area (Å²) in [6, 6.07) is 7.88. The molecular formula is C13H15NO2S. The van der Waals surface area contributed by atoms with Gasteiger partial charge in [0.05, 0.1) is 18.1 Å². The first-order chi connectivity index (χ1) is 8.33. The molecule has 0 radical (unpaired) electrons. The first kappa shape index (κ1) is 12.1. The zero-order valence-electron chi connectivity index (χ0n) is 9.72. The standard InChI is InChI=1S/C13H15NO2S/c1-2-6-16-11-5-3-4-10(7-11)13-14-8-12(9-15)17-13/h3-5,7-8,15H,2,6,9H2,1H3. The number of aromatic nitrogens is 1. The van der Waals surface area contributed by atoms with Crippen molar-refractivity contribution in [2.45, 2.75) is 20.0 Å². The molecule has 4 heteroatoms. The Balaban J connectivity index is 2.20. The van der Waals surface area contributed by atoms with Crippen LogP contribution in [0.1, 0.15) is 18.2 Å². The van der Waals surface area contributed by atoms with E-state index in [1.54, 1.807) is 6.20 Å². The molecule has 1 aromatic carbocycles. The van der Waals surface area contributed by atoms with Gasteiger partial charge in [-0.15, -0.1) is 11.3 Å². The van der Waals surface area contributed by atoms with E-state index in [2.05, 4.69) is 11.9 Å². The number of hydrogen-bond acceptors (Lipinski definition) is 4. The Labute approximate surface area is 105 Å². The largest absolute Gasteiger partial charge is 0.494 e. The Hall–Kier alpha value is -1.39. The van der Waals surface area contributed by atoms with Crippen LogP contribution in [0.15, 0.2) is 30.5 Å². The molecule has 17 heavy (non-hydrogen) atoms. The lowest BCUT2D eigenvalue weighted by Gasteiger charge is -2.05. The van der Waals surface area contributed by atoms with Gasteiger partial charge in [-0.3, -0.25) is 0 Å². The van der Waals surface area contributed by atoms with E-state index in [4.69, 9.17) is 9.84 Å². The lowest BCUT2D eigenvalue weighted by molar-refractivity contribution is 0.285. The number of hydrogen-bond donors (Lipinski definition) is 1. The maximum absolute atomic E-state index is 9.01. The molecule has 0 aliphatic heterocycles. The highest BCUT2D eigenvalue weighted by Gasteiger charge is 2.05. The van der Waals surface area contributed by atoms with Crippen LogP contribution < -0.4 is 4.74 Å². The Morgan fingerprint density at radius 2 is 2.29 bits per heavy atom. The second-order valence-electron chi connectivity index (χ2n) is 3.67. The van der Waals surface area contributed by atoms with Gasteiger partial charge >= 0.3 is 0 Å². The van der Waals surface area contributed by atoms with E-state index >= 15 is 0 Å². The number of thiazole rings is 1. The van der Waals surface area contributed by atoms with Gasteiger partial charge in [-0.1, -0.05) is 19.1 Å². The second kappa shape index (κ2) is 5.80. The van der Waals surface area contributed by atoms with Crippen LogP contribution in [0.2, 0.25) is 0 Å². The molecule has 0 amide bonds. The third kappa shape index (κ3) is 3.05. The van der Waals surface area contributed by atoms with Gasteiger partial charge in [-0.05, 0) is 18.6 Å². The first-order valence-electron chi connectivity index (χ1n) is 5.62. The quantitative estimate of drug-likeness (QED) is 0.885. The number of aliphatic hydroxyl groups excluding tert-OH is 1. The lowest BCUT2D eigenvalue weighted by Crippen LogP contribution is -1.94. The van der Waals surface area contributed by atoms with Crippen LogP contribution >= 0.6 is 11.3 Å². The van der Waals surface area contributed by atoms with E-state index in [9.17, 15) is 0 Å². The molecule has 0 bridgehead atoms. The summed E-state index contributed by atoms with van der Waals surface area (Å²) in [7, 11) is 0. The smallest absolute Gasteiger partial charge is 0.123 e.